The van der Waals surface area contributed by atoms with E-state index in [9.17, 15) is 4.79 Å². The fourth-order valence-corrected chi connectivity index (χ4v) is 4.03. The van der Waals surface area contributed by atoms with Crippen molar-refractivity contribution in [3.05, 3.63) is 48.0 Å². The van der Waals surface area contributed by atoms with Crippen molar-refractivity contribution in [1.29, 1.82) is 0 Å². The summed E-state index contributed by atoms with van der Waals surface area (Å²) >= 11 is 0. The van der Waals surface area contributed by atoms with Gasteiger partial charge in [-0.05, 0) is 45.1 Å². The summed E-state index contributed by atoms with van der Waals surface area (Å²) in [6.07, 6.45) is 10.3. The minimum Gasteiger partial charge on any atom is -0.361 e. The molecular formula is C21H26N6O2. The van der Waals surface area contributed by atoms with E-state index in [1.807, 2.05) is 35.7 Å². The first kappa shape index (κ1) is 19.3. The van der Waals surface area contributed by atoms with E-state index in [1.54, 1.807) is 18.6 Å². The average Bonchev–Trinajstić information content (AvgIpc) is 3.45. The number of rotatable bonds is 7. The van der Waals surface area contributed by atoms with Gasteiger partial charge in [-0.2, -0.15) is 5.10 Å². The average molecular weight is 394 g/mol. The second kappa shape index (κ2) is 8.55. The van der Waals surface area contributed by atoms with Gasteiger partial charge < -0.3 is 9.42 Å². The van der Waals surface area contributed by atoms with E-state index in [1.165, 1.54) is 0 Å². The summed E-state index contributed by atoms with van der Waals surface area (Å²) in [4.78, 5) is 23.7. The van der Waals surface area contributed by atoms with Gasteiger partial charge in [0.15, 0.2) is 0 Å². The van der Waals surface area contributed by atoms with Crippen LogP contribution in [0.4, 0.5) is 0 Å². The molecule has 1 unspecified atom stereocenters. The lowest BCUT2D eigenvalue weighted by Gasteiger charge is -2.17. The Morgan fingerprint density at radius 3 is 2.86 bits per heavy atom. The Morgan fingerprint density at radius 2 is 2.10 bits per heavy atom. The van der Waals surface area contributed by atoms with E-state index in [0.29, 0.717) is 12.3 Å². The fourth-order valence-electron chi connectivity index (χ4n) is 4.03. The Kier molecular flexibility index (Phi) is 5.69. The Balaban J connectivity index is 1.35. The molecule has 4 rings (SSSR count). The van der Waals surface area contributed by atoms with Crippen LogP contribution in [0.5, 0.6) is 0 Å². The minimum absolute atomic E-state index is 0.227. The molecule has 1 fully saturated rings. The van der Waals surface area contributed by atoms with E-state index < -0.39 is 0 Å². The third-order valence-corrected chi connectivity index (χ3v) is 5.50. The zero-order valence-electron chi connectivity index (χ0n) is 16.9. The lowest BCUT2D eigenvalue weighted by molar-refractivity contribution is -0.130. The number of amides is 1. The highest BCUT2D eigenvalue weighted by Crippen LogP contribution is 2.30. The molecule has 1 atom stereocenters. The first-order valence-corrected chi connectivity index (χ1v) is 10.1. The normalized spacial score (nSPS) is 16.5. The van der Waals surface area contributed by atoms with Gasteiger partial charge in [0, 0.05) is 50.8 Å². The second-order valence-electron chi connectivity index (χ2n) is 7.62. The Morgan fingerprint density at radius 1 is 1.24 bits per heavy atom. The predicted octanol–water partition coefficient (Wildman–Crippen LogP) is 2.82. The van der Waals surface area contributed by atoms with Crippen molar-refractivity contribution in [2.45, 2.75) is 46.1 Å². The van der Waals surface area contributed by atoms with Gasteiger partial charge in [0.2, 0.25) is 5.91 Å². The Labute approximate surface area is 169 Å². The molecule has 0 saturated carbocycles. The van der Waals surface area contributed by atoms with Gasteiger partial charge in [-0.15, -0.1) is 0 Å². The molecule has 8 heteroatoms. The topological polar surface area (TPSA) is 89.9 Å². The lowest BCUT2D eigenvalue weighted by Crippen LogP contribution is -2.29. The van der Waals surface area contributed by atoms with Crippen LogP contribution < -0.4 is 0 Å². The minimum atomic E-state index is 0.227. The van der Waals surface area contributed by atoms with Gasteiger partial charge in [-0.25, -0.2) is 0 Å². The van der Waals surface area contributed by atoms with Crippen LogP contribution in [0, 0.1) is 19.8 Å². The van der Waals surface area contributed by atoms with E-state index in [2.05, 4.69) is 20.2 Å². The number of likely N-dealkylation sites (tertiary alicyclic amines) is 1. The summed E-state index contributed by atoms with van der Waals surface area (Å²) in [6.45, 7) is 6.18. The van der Waals surface area contributed by atoms with Gasteiger partial charge >= 0.3 is 0 Å². The number of aryl methyl sites for hydroxylation is 3. The van der Waals surface area contributed by atoms with E-state index in [4.69, 9.17) is 4.52 Å². The standard InChI is InChI=1S/C21H26N6O2/c1-15-20(16(2)29-25-15)21-18(22-8-9-23-21)13-17-6-12-26(14-17)19(28)5-3-10-27-11-4-7-24-27/h4,7-9,11,17H,3,5-6,10,12-14H2,1-2H3. The smallest absolute Gasteiger partial charge is 0.222 e. The SMILES string of the molecule is Cc1noc(C)c1-c1nccnc1CC1CCN(C(=O)CCCn2cccn2)C1. The molecule has 1 saturated heterocycles. The maximum absolute atomic E-state index is 12.6. The maximum Gasteiger partial charge on any atom is 0.222 e. The highest BCUT2D eigenvalue weighted by Gasteiger charge is 2.28. The summed E-state index contributed by atoms with van der Waals surface area (Å²) in [7, 11) is 0. The molecule has 8 nitrogen and oxygen atoms in total. The molecule has 1 amide bonds. The van der Waals surface area contributed by atoms with Crippen LogP contribution in [0.2, 0.25) is 0 Å². The lowest BCUT2D eigenvalue weighted by atomic mass is 9.98. The van der Waals surface area contributed by atoms with Crippen molar-refractivity contribution >= 4 is 5.91 Å². The predicted molar refractivity (Wildman–Crippen MR) is 107 cm³/mol. The molecule has 4 heterocycles. The van der Waals surface area contributed by atoms with Gasteiger partial charge in [-0.3, -0.25) is 19.4 Å². The van der Waals surface area contributed by atoms with Crippen LogP contribution in [-0.2, 0) is 17.8 Å². The van der Waals surface area contributed by atoms with Crippen LogP contribution in [0.15, 0.2) is 35.4 Å². The molecule has 0 spiro atoms. The van der Waals surface area contributed by atoms with Crippen molar-refractivity contribution in [1.82, 2.24) is 29.8 Å². The summed E-state index contributed by atoms with van der Waals surface area (Å²) in [6, 6.07) is 1.90. The van der Waals surface area contributed by atoms with Crippen molar-refractivity contribution in [3.8, 4) is 11.3 Å². The number of hydrogen-bond acceptors (Lipinski definition) is 6. The summed E-state index contributed by atoms with van der Waals surface area (Å²) in [5.41, 5.74) is 3.54. The third-order valence-electron chi connectivity index (χ3n) is 5.50. The molecule has 152 valence electrons. The number of carbonyl (C=O) groups is 1. The largest absolute Gasteiger partial charge is 0.361 e. The van der Waals surface area contributed by atoms with Gasteiger partial charge in [0.05, 0.1) is 22.6 Å². The van der Waals surface area contributed by atoms with E-state index >= 15 is 0 Å². The molecule has 0 aromatic carbocycles. The van der Waals surface area contributed by atoms with Gasteiger partial charge in [-0.1, -0.05) is 5.16 Å². The first-order chi connectivity index (χ1) is 14.1. The summed E-state index contributed by atoms with van der Waals surface area (Å²) in [5.74, 6) is 1.37. The number of hydrogen-bond donors (Lipinski definition) is 0. The monoisotopic (exact) mass is 394 g/mol. The van der Waals surface area contributed by atoms with Crippen LogP contribution in [0.3, 0.4) is 0 Å². The Hall–Kier alpha value is -3.03. The number of carbonyl (C=O) groups excluding carboxylic acids is 1. The molecule has 0 N–H and O–H groups in total. The molecule has 0 aliphatic carbocycles. The zero-order chi connectivity index (χ0) is 20.2. The number of nitrogens with zero attached hydrogens (tertiary/aromatic N) is 6. The van der Waals surface area contributed by atoms with Crippen molar-refractivity contribution in [2.24, 2.45) is 5.92 Å². The molecule has 1 aliphatic heterocycles. The van der Waals surface area contributed by atoms with Gasteiger partial charge in [0.25, 0.3) is 0 Å². The summed E-state index contributed by atoms with van der Waals surface area (Å²) < 4.78 is 7.18. The van der Waals surface area contributed by atoms with Gasteiger partial charge in [0.1, 0.15) is 5.76 Å². The van der Waals surface area contributed by atoms with Crippen LogP contribution in [0.25, 0.3) is 11.3 Å². The van der Waals surface area contributed by atoms with Crippen LogP contribution in [0.1, 0.15) is 36.4 Å². The maximum atomic E-state index is 12.6. The molecule has 3 aromatic rings. The quantitative estimate of drug-likeness (QED) is 0.612. The molecule has 0 radical (unpaired) electrons. The van der Waals surface area contributed by atoms with Crippen molar-refractivity contribution in [2.75, 3.05) is 13.1 Å². The molecule has 29 heavy (non-hydrogen) atoms. The van der Waals surface area contributed by atoms with Crippen LogP contribution in [-0.4, -0.2) is 48.8 Å². The Bertz CT molecular complexity index is 946. The molecule has 0 bridgehead atoms. The molecular weight excluding hydrogens is 368 g/mol. The van der Waals surface area contributed by atoms with Crippen LogP contribution >= 0.6 is 0 Å². The van der Waals surface area contributed by atoms with Crippen molar-refractivity contribution < 1.29 is 9.32 Å². The molecule has 1 aliphatic rings. The van der Waals surface area contributed by atoms with E-state index in [0.717, 1.165) is 67.3 Å². The van der Waals surface area contributed by atoms with Crippen molar-refractivity contribution in [3.63, 3.8) is 0 Å². The second-order valence-corrected chi connectivity index (χ2v) is 7.62. The third kappa shape index (κ3) is 4.36. The van der Waals surface area contributed by atoms with E-state index in [-0.39, 0.29) is 5.91 Å². The highest BCUT2D eigenvalue weighted by molar-refractivity contribution is 5.76. The highest BCUT2D eigenvalue weighted by atomic mass is 16.5. The zero-order valence-corrected chi connectivity index (χ0v) is 16.9. The molecule has 3 aromatic heterocycles. The first-order valence-electron chi connectivity index (χ1n) is 10.1. The fraction of sp³-hybridized carbons (Fsp3) is 0.476. The number of aromatic nitrogens is 5. The summed E-state index contributed by atoms with van der Waals surface area (Å²) in [5, 5.41) is 8.22.